The molecule has 0 aromatic heterocycles. The highest BCUT2D eigenvalue weighted by atomic mass is 16.7. The molecule has 0 aromatic rings. The minimum atomic E-state index is -1.52. The number of rotatable bonds is 4. The number of aliphatic hydroxyl groups is 5. The van der Waals surface area contributed by atoms with Gasteiger partial charge in [-0.1, -0.05) is 23.8 Å². The molecule has 9 atom stereocenters. The van der Waals surface area contributed by atoms with Gasteiger partial charge in [-0.25, -0.2) is 4.79 Å². The predicted octanol–water partition coefficient (Wildman–Crippen LogP) is -1.07. The van der Waals surface area contributed by atoms with Crippen LogP contribution in [-0.2, 0) is 19.0 Å². The Bertz CT molecular complexity index is 785. The summed E-state index contributed by atoms with van der Waals surface area (Å²) in [6.07, 6.45) is -5.09. The lowest BCUT2D eigenvalue weighted by molar-refractivity contribution is -0.299. The van der Waals surface area contributed by atoms with Gasteiger partial charge in [0.15, 0.2) is 6.29 Å². The lowest BCUT2D eigenvalue weighted by atomic mass is 9.82. The van der Waals surface area contributed by atoms with Crippen molar-refractivity contribution in [1.82, 2.24) is 0 Å². The van der Waals surface area contributed by atoms with E-state index in [0.29, 0.717) is 12.8 Å². The number of allylic oxidation sites excluding steroid dienone is 1. The highest BCUT2D eigenvalue weighted by Gasteiger charge is 2.52. The van der Waals surface area contributed by atoms with Gasteiger partial charge in [0.1, 0.15) is 30.5 Å². The molecule has 0 saturated carbocycles. The molecule has 0 radical (unpaired) electrons. The highest BCUT2D eigenvalue weighted by Crippen LogP contribution is 2.48. The summed E-state index contributed by atoms with van der Waals surface area (Å²) in [4.78, 5) is 12.1. The fourth-order valence-electron chi connectivity index (χ4n) is 5.01. The third-order valence-electron chi connectivity index (χ3n) is 6.69. The first kappa shape index (κ1) is 21.6. The van der Waals surface area contributed by atoms with E-state index >= 15 is 0 Å². The Balaban J connectivity index is 1.52. The van der Waals surface area contributed by atoms with Gasteiger partial charge in [0.05, 0.1) is 25.2 Å². The van der Waals surface area contributed by atoms with Crippen LogP contribution in [0.1, 0.15) is 19.8 Å². The lowest BCUT2D eigenvalue weighted by Gasteiger charge is -2.39. The minimum Gasteiger partial charge on any atom is -0.457 e. The molecule has 0 aromatic carbocycles. The maximum atomic E-state index is 12.1. The molecular weight excluding hydrogens is 396 g/mol. The zero-order valence-corrected chi connectivity index (χ0v) is 16.7. The molecule has 2 aliphatic heterocycles. The van der Waals surface area contributed by atoms with Crippen LogP contribution in [0, 0.1) is 11.8 Å². The van der Waals surface area contributed by atoms with Gasteiger partial charge in [-0.05, 0) is 25.3 Å². The van der Waals surface area contributed by atoms with Gasteiger partial charge in [-0.15, -0.1) is 0 Å². The molecule has 2 fully saturated rings. The first-order valence-corrected chi connectivity index (χ1v) is 10.1. The van der Waals surface area contributed by atoms with Gasteiger partial charge in [0, 0.05) is 11.5 Å². The van der Waals surface area contributed by atoms with Crippen molar-refractivity contribution in [2.24, 2.45) is 11.8 Å². The summed E-state index contributed by atoms with van der Waals surface area (Å²) in [5, 5.41) is 50.0. The van der Waals surface area contributed by atoms with Crippen molar-refractivity contribution < 1.29 is 44.5 Å². The smallest absolute Gasteiger partial charge is 0.334 e. The molecule has 4 aliphatic rings. The Labute approximate surface area is 173 Å². The largest absolute Gasteiger partial charge is 0.457 e. The number of aliphatic hydroxyl groups excluding tert-OH is 5. The summed E-state index contributed by atoms with van der Waals surface area (Å²) in [5.74, 6) is -1.30. The molecular formula is C21H28O9. The average molecular weight is 424 g/mol. The molecule has 2 heterocycles. The average Bonchev–Trinajstić information content (AvgIpc) is 3.23. The van der Waals surface area contributed by atoms with Crippen LogP contribution in [0.4, 0.5) is 0 Å². The standard InChI is InChI=1S/C21H28O9/c1-8-5-12(23)14-9(2)20(27)30-19(14)15-10(3-4-11(8)15)7-28-21-18(26)17(25)16(24)13(6-22)29-21/h3,12-19,21-26H,2,4-7H2,1H3/t12-,13+,14+,15-,16+,17-,18-,19-,21+/m0/s1. The Morgan fingerprint density at radius 3 is 2.63 bits per heavy atom. The number of hydrogen-bond donors (Lipinski definition) is 5. The fourth-order valence-corrected chi connectivity index (χ4v) is 5.01. The van der Waals surface area contributed by atoms with Crippen LogP contribution in [0.15, 0.2) is 34.9 Å². The number of esters is 1. The van der Waals surface area contributed by atoms with E-state index < -0.39 is 61.4 Å². The topological polar surface area (TPSA) is 146 Å². The second kappa shape index (κ2) is 8.16. The SMILES string of the molecule is C=C1C(=O)O[C@@H]2[C@H]3C(CO[C@@H]4O[C@H](CO)[C@@H](O)[C@H](O)[C@@H]4O)=CCC3=C(C)C[C@H](O)[C@@H]12. The van der Waals surface area contributed by atoms with Gasteiger partial charge >= 0.3 is 5.97 Å². The number of carbonyl (C=O) groups is 1. The Morgan fingerprint density at radius 2 is 1.93 bits per heavy atom. The molecule has 2 saturated heterocycles. The van der Waals surface area contributed by atoms with Gasteiger partial charge in [-0.2, -0.15) is 0 Å². The summed E-state index contributed by atoms with van der Waals surface area (Å²) >= 11 is 0. The number of carbonyl (C=O) groups excluding carboxylic acids is 1. The molecule has 0 amide bonds. The van der Waals surface area contributed by atoms with E-state index in [9.17, 15) is 30.3 Å². The van der Waals surface area contributed by atoms with Crippen molar-refractivity contribution in [3.05, 3.63) is 34.9 Å². The molecule has 4 rings (SSSR count). The van der Waals surface area contributed by atoms with E-state index in [1.807, 2.05) is 13.0 Å². The normalized spacial score (nSPS) is 43.8. The molecule has 0 spiro atoms. The molecule has 2 aliphatic carbocycles. The monoisotopic (exact) mass is 424 g/mol. The third kappa shape index (κ3) is 3.44. The van der Waals surface area contributed by atoms with E-state index in [2.05, 4.69) is 6.58 Å². The molecule has 9 nitrogen and oxygen atoms in total. The Kier molecular flexibility index (Phi) is 5.88. The molecule has 9 heteroatoms. The van der Waals surface area contributed by atoms with Crippen LogP contribution in [-0.4, -0.2) is 87.6 Å². The van der Waals surface area contributed by atoms with Crippen LogP contribution in [0.5, 0.6) is 0 Å². The van der Waals surface area contributed by atoms with Crippen molar-refractivity contribution in [3.63, 3.8) is 0 Å². The Morgan fingerprint density at radius 1 is 1.20 bits per heavy atom. The van der Waals surface area contributed by atoms with Crippen LogP contribution < -0.4 is 0 Å². The van der Waals surface area contributed by atoms with Crippen LogP contribution in [0.2, 0.25) is 0 Å². The van der Waals surface area contributed by atoms with Crippen LogP contribution in [0.25, 0.3) is 0 Å². The molecule has 0 unspecified atom stereocenters. The molecule has 0 bridgehead atoms. The second-order valence-electron chi connectivity index (χ2n) is 8.47. The number of hydrogen-bond acceptors (Lipinski definition) is 9. The fraction of sp³-hybridized carbons (Fsp3) is 0.667. The minimum absolute atomic E-state index is 0.0213. The van der Waals surface area contributed by atoms with Crippen LogP contribution in [0.3, 0.4) is 0 Å². The summed E-state index contributed by atoms with van der Waals surface area (Å²) in [5.41, 5.74) is 3.18. The summed E-state index contributed by atoms with van der Waals surface area (Å²) in [6.45, 7) is 5.24. The summed E-state index contributed by atoms with van der Waals surface area (Å²) in [6, 6.07) is 0. The van der Waals surface area contributed by atoms with Crippen molar-refractivity contribution in [3.8, 4) is 0 Å². The maximum absolute atomic E-state index is 12.1. The maximum Gasteiger partial charge on any atom is 0.334 e. The zero-order valence-electron chi connectivity index (χ0n) is 16.7. The van der Waals surface area contributed by atoms with E-state index in [1.165, 1.54) is 0 Å². The zero-order chi connectivity index (χ0) is 21.7. The van der Waals surface area contributed by atoms with Crippen molar-refractivity contribution in [2.45, 2.75) is 62.7 Å². The number of fused-ring (bicyclic) bond motifs is 3. The van der Waals surface area contributed by atoms with E-state index in [1.54, 1.807) is 0 Å². The summed E-state index contributed by atoms with van der Waals surface area (Å²) < 4.78 is 16.7. The first-order chi connectivity index (χ1) is 14.2. The lowest BCUT2D eigenvalue weighted by Crippen LogP contribution is -2.59. The second-order valence-corrected chi connectivity index (χ2v) is 8.47. The van der Waals surface area contributed by atoms with Crippen molar-refractivity contribution in [1.29, 1.82) is 0 Å². The third-order valence-corrected chi connectivity index (χ3v) is 6.69. The quantitative estimate of drug-likeness (QED) is 0.216. The van der Waals surface area contributed by atoms with Gasteiger partial charge in [-0.3, -0.25) is 0 Å². The van der Waals surface area contributed by atoms with Crippen molar-refractivity contribution in [2.75, 3.05) is 13.2 Å². The van der Waals surface area contributed by atoms with E-state index in [0.717, 1.165) is 16.7 Å². The highest BCUT2D eigenvalue weighted by molar-refractivity contribution is 5.91. The molecule has 5 N–H and O–H groups in total. The van der Waals surface area contributed by atoms with Crippen molar-refractivity contribution >= 4 is 5.97 Å². The molecule has 30 heavy (non-hydrogen) atoms. The van der Waals surface area contributed by atoms with Gasteiger partial charge in [0.2, 0.25) is 0 Å². The van der Waals surface area contributed by atoms with E-state index in [-0.39, 0.29) is 18.1 Å². The van der Waals surface area contributed by atoms with E-state index in [4.69, 9.17) is 14.2 Å². The van der Waals surface area contributed by atoms with Gasteiger partial charge in [0.25, 0.3) is 0 Å². The predicted molar refractivity (Wildman–Crippen MR) is 102 cm³/mol. The van der Waals surface area contributed by atoms with Gasteiger partial charge < -0.3 is 39.7 Å². The number of ether oxygens (including phenoxy) is 3. The molecule has 166 valence electrons. The Hall–Kier alpha value is -1.59. The summed E-state index contributed by atoms with van der Waals surface area (Å²) in [7, 11) is 0. The first-order valence-electron chi connectivity index (χ1n) is 10.1. The van der Waals surface area contributed by atoms with Crippen LogP contribution >= 0.6 is 0 Å².